The zero-order chi connectivity index (χ0) is 19.7. The number of hydrogen-bond donors (Lipinski definition) is 1. The molecule has 2 unspecified atom stereocenters. The first-order chi connectivity index (χ1) is 13.5. The molecule has 2 amide bonds. The van der Waals surface area contributed by atoms with Crippen LogP contribution >= 0.6 is 23.2 Å². The molecule has 0 aromatic heterocycles. The molecule has 2 atom stereocenters. The Morgan fingerprint density at radius 2 is 1.79 bits per heavy atom. The molecule has 5 nitrogen and oxygen atoms in total. The van der Waals surface area contributed by atoms with E-state index in [0.29, 0.717) is 41.8 Å². The number of benzene rings is 2. The quantitative estimate of drug-likeness (QED) is 0.762. The van der Waals surface area contributed by atoms with E-state index in [1.54, 1.807) is 23.1 Å². The predicted molar refractivity (Wildman–Crippen MR) is 112 cm³/mol. The topological polar surface area (TPSA) is 52.7 Å². The fourth-order valence-electron chi connectivity index (χ4n) is 3.89. The van der Waals surface area contributed by atoms with E-state index < -0.39 is 5.92 Å². The third-order valence-corrected chi connectivity index (χ3v) is 6.10. The van der Waals surface area contributed by atoms with E-state index in [-0.39, 0.29) is 17.9 Å². The number of anilines is 2. The number of rotatable bonds is 4. The molecular formula is C21H21Cl2N3O2. The van der Waals surface area contributed by atoms with Gasteiger partial charge in [0.2, 0.25) is 11.8 Å². The molecule has 2 fully saturated rings. The van der Waals surface area contributed by atoms with Crippen molar-refractivity contribution in [3.8, 4) is 0 Å². The molecule has 0 aliphatic carbocycles. The lowest BCUT2D eigenvalue weighted by Crippen LogP contribution is -2.40. The van der Waals surface area contributed by atoms with Gasteiger partial charge in [0.25, 0.3) is 0 Å². The molecule has 28 heavy (non-hydrogen) atoms. The molecule has 4 rings (SSSR count). The Bertz CT molecular complexity index is 890. The molecule has 0 radical (unpaired) electrons. The van der Waals surface area contributed by atoms with Crippen LogP contribution in [-0.2, 0) is 9.59 Å². The summed E-state index contributed by atoms with van der Waals surface area (Å²) in [5.41, 5.74) is 1.73. The predicted octanol–water partition coefficient (Wildman–Crippen LogP) is 4.06. The van der Waals surface area contributed by atoms with Gasteiger partial charge in [0, 0.05) is 37.1 Å². The first-order valence-corrected chi connectivity index (χ1v) is 10.2. The average Bonchev–Trinajstić information content (AvgIpc) is 3.31. The Labute approximate surface area is 174 Å². The lowest BCUT2D eigenvalue weighted by Gasteiger charge is -2.21. The maximum atomic E-state index is 13.0. The van der Waals surface area contributed by atoms with E-state index in [1.807, 2.05) is 35.2 Å². The number of likely N-dealkylation sites (tertiary alicyclic amines) is 1. The van der Waals surface area contributed by atoms with Gasteiger partial charge in [-0.15, -0.1) is 0 Å². The van der Waals surface area contributed by atoms with Crippen molar-refractivity contribution >= 4 is 46.4 Å². The van der Waals surface area contributed by atoms with Crippen molar-refractivity contribution in [1.29, 1.82) is 0 Å². The molecule has 2 aliphatic rings. The average molecular weight is 418 g/mol. The van der Waals surface area contributed by atoms with Gasteiger partial charge in [-0.3, -0.25) is 9.59 Å². The summed E-state index contributed by atoms with van der Waals surface area (Å²) in [6.07, 6.45) is 1.39. The monoisotopic (exact) mass is 417 g/mol. The van der Waals surface area contributed by atoms with E-state index >= 15 is 0 Å². The minimum atomic E-state index is -0.620. The molecule has 0 saturated carbocycles. The molecular weight excluding hydrogens is 397 g/mol. The highest BCUT2D eigenvalue weighted by Crippen LogP contribution is 2.32. The van der Waals surface area contributed by atoms with E-state index in [0.717, 1.165) is 12.1 Å². The standard InChI is InChI=1S/C21H21Cl2N3O2/c22-18-7-6-16(12-19(18)23)26-11-9-17(21(26)28)20(27)25-10-8-15(13-25)24-14-4-2-1-3-5-14/h1-7,12,15,17,24H,8-11,13H2. The van der Waals surface area contributed by atoms with Gasteiger partial charge in [-0.05, 0) is 43.2 Å². The number of para-hydroxylation sites is 1. The fraction of sp³-hybridized carbons (Fsp3) is 0.333. The summed E-state index contributed by atoms with van der Waals surface area (Å²) in [4.78, 5) is 29.2. The Morgan fingerprint density at radius 3 is 2.54 bits per heavy atom. The smallest absolute Gasteiger partial charge is 0.239 e. The van der Waals surface area contributed by atoms with Crippen molar-refractivity contribution in [2.24, 2.45) is 5.92 Å². The van der Waals surface area contributed by atoms with Gasteiger partial charge < -0.3 is 15.1 Å². The molecule has 7 heteroatoms. The van der Waals surface area contributed by atoms with E-state index in [9.17, 15) is 9.59 Å². The van der Waals surface area contributed by atoms with Crippen LogP contribution in [0.2, 0.25) is 10.0 Å². The van der Waals surface area contributed by atoms with Crippen LogP contribution in [0.15, 0.2) is 48.5 Å². The molecule has 2 aromatic carbocycles. The van der Waals surface area contributed by atoms with Crippen molar-refractivity contribution in [1.82, 2.24) is 4.90 Å². The molecule has 146 valence electrons. The van der Waals surface area contributed by atoms with Crippen LogP contribution in [0.4, 0.5) is 11.4 Å². The number of hydrogen-bond acceptors (Lipinski definition) is 3. The first-order valence-electron chi connectivity index (χ1n) is 9.40. The number of amides is 2. The largest absolute Gasteiger partial charge is 0.380 e. The summed E-state index contributed by atoms with van der Waals surface area (Å²) >= 11 is 12.0. The van der Waals surface area contributed by atoms with E-state index in [4.69, 9.17) is 23.2 Å². The molecule has 2 aromatic rings. The minimum Gasteiger partial charge on any atom is -0.380 e. The molecule has 0 spiro atoms. The minimum absolute atomic E-state index is 0.0788. The van der Waals surface area contributed by atoms with Crippen molar-refractivity contribution < 1.29 is 9.59 Å². The summed E-state index contributed by atoms with van der Waals surface area (Å²) in [7, 11) is 0. The third kappa shape index (κ3) is 3.82. The van der Waals surface area contributed by atoms with Gasteiger partial charge in [0.1, 0.15) is 5.92 Å². The molecule has 2 heterocycles. The molecule has 1 N–H and O–H groups in total. The van der Waals surface area contributed by atoms with E-state index in [1.165, 1.54) is 0 Å². The van der Waals surface area contributed by atoms with Crippen LogP contribution in [0.3, 0.4) is 0 Å². The normalized spacial score (nSPS) is 22.0. The van der Waals surface area contributed by atoms with Crippen molar-refractivity contribution in [2.75, 3.05) is 29.9 Å². The van der Waals surface area contributed by atoms with Gasteiger partial charge in [-0.1, -0.05) is 41.4 Å². The summed E-state index contributed by atoms with van der Waals surface area (Å²) < 4.78 is 0. The molecule has 0 bridgehead atoms. The summed E-state index contributed by atoms with van der Waals surface area (Å²) in [5.74, 6) is -0.863. The highest BCUT2D eigenvalue weighted by Gasteiger charge is 2.41. The van der Waals surface area contributed by atoms with Crippen molar-refractivity contribution in [2.45, 2.75) is 18.9 Å². The van der Waals surface area contributed by atoms with Crippen LogP contribution in [0.5, 0.6) is 0 Å². The van der Waals surface area contributed by atoms with Gasteiger partial charge in [-0.25, -0.2) is 0 Å². The number of carbonyl (C=O) groups is 2. The zero-order valence-corrected chi connectivity index (χ0v) is 16.8. The second-order valence-corrected chi connectivity index (χ2v) is 8.02. The van der Waals surface area contributed by atoms with Gasteiger partial charge in [0.15, 0.2) is 0 Å². The maximum absolute atomic E-state index is 13.0. The fourth-order valence-corrected chi connectivity index (χ4v) is 4.18. The SMILES string of the molecule is O=C(C1CCN(c2ccc(Cl)c(Cl)c2)C1=O)N1CCC(Nc2ccccc2)C1. The van der Waals surface area contributed by atoms with Crippen LogP contribution in [0.25, 0.3) is 0 Å². The zero-order valence-electron chi connectivity index (χ0n) is 15.3. The molecule has 2 aliphatic heterocycles. The lowest BCUT2D eigenvalue weighted by molar-refractivity contribution is -0.139. The van der Waals surface area contributed by atoms with Gasteiger partial charge in [-0.2, -0.15) is 0 Å². The van der Waals surface area contributed by atoms with Crippen LogP contribution in [-0.4, -0.2) is 42.4 Å². The lowest BCUT2D eigenvalue weighted by atomic mass is 10.1. The second kappa shape index (κ2) is 8.02. The van der Waals surface area contributed by atoms with Crippen molar-refractivity contribution in [3.63, 3.8) is 0 Å². The summed E-state index contributed by atoms with van der Waals surface area (Å²) in [6.45, 7) is 1.79. The van der Waals surface area contributed by atoms with Crippen LogP contribution in [0, 0.1) is 5.92 Å². The van der Waals surface area contributed by atoms with Gasteiger partial charge in [0.05, 0.1) is 10.0 Å². The van der Waals surface area contributed by atoms with Crippen LogP contribution < -0.4 is 10.2 Å². The van der Waals surface area contributed by atoms with E-state index in [2.05, 4.69) is 5.32 Å². The Morgan fingerprint density at radius 1 is 1.00 bits per heavy atom. The molecule has 2 saturated heterocycles. The first kappa shape index (κ1) is 19.1. The summed E-state index contributed by atoms with van der Waals surface area (Å²) in [5, 5.41) is 4.30. The highest BCUT2D eigenvalue weighted by atomic mass is 35.5. The number of carbonyl (C=O) groups excluding carboxylic acids is 2. The van der Waals surface area contributed by atoms with Crippen LogP contribution in [0.1, 0.15) is 12.8 Å². The van der Waals surface area contributed by atoms with Crippen molar-refractivity contribution in [3.05, 3.63) is 58.6 Å². The maximum Gasteiger partial charge on any atom is 0.239 e. The number of halogens is 2. The highest BCUT2D eigenvalue weighted by molar-refractivity contribution is 6.42. The summed E-state index contributed by atoms with van der Waals surface area (Å²) in [6, 6.07) is 15.3. The second-order valence-electron chi connectivity index (χ2n) is 7.21. The Kier molecular flexibility index (Phi) is 5.47. The number of nitrogens with zero attached hydrogens (tertiary/aromatic N) is 2. The Balaban J connectivity index is 1.39. The Hall–Kier alpha value is -2.24. The number of nitrogens with one attached hydrogen (secondary N) is 1. The van der Waals surface area contributed by atoms with Gasteiger partial charge >= 0.3 is 0 Å². The third-order valence-electron chi connectivity index (χ3n) is 5.36.